The normalized spacial score (nSPS) is 5.33. The van der Waals surface area contributed by atoms with E-state index in [1.807, 2.05) is 0 Å². The van der Waals surface area contributed by atoms with Gasteiger partial charge in [-0.1, -0.05) is 0 Å². The molecule has 56 valence electrons. The summed E-state index contributed by atoms with van der Waals surface area (Å²) in [5.41, 5.74) is 8.57. The minimum atomic E-state index is -0.750. The number of hydrogen-bond donors (Lipinski definition) is 2. The second-order valence-corrected chi connectivity index (χ2v) is 1.44. The largest absolute Gasteiger partial charge is 2.00 e. The SMILES string of the molecule is NC(=O)[S-].NC(=O)[S-].[Ni+2]. The van der Waals surface area contributed by atoms with Crippen molar-refractivity contribution in [2.75, 3.05) is 0 Å². The molecule has 0 spiro atoms. The van der Waals surface area contributed by atoms with Crippen molar-refractivity contribution in [2.24, 2.45) is 11.5 Å². The zero-order valence-electron chi connectivity index (χ0n) is 4.10. The van der Waals surface area contributed by atoms with E-state index in [1.165, 1.54) is 0 Å². The number of hydrogen-bond acceptors (Lipinski definition) is 4. The molecule has 0 fully saturated rings. The van der Waals surface area contributed by atoms with Crippen molar-refractivity contribution in [3.8, 4) is 0 Å². The van der Waals surface area contributed by atoms with Crippen molar-refractivity contribution in [1.29, 1.82) is 0 Å². The van der Waals surface area contributed by atoms with E-state index in [2.05, 4.69) is 36.7 Å². The Morgan fingerprint density at radius 2 is 1.00 bits per heavy atom. The van der Waals surface area contributed by atoms with Crippen LogP contribution in [-0.2, 0) is 41.7 Å². The van der Waals surface area contributed by atoms with Crippen LogP contribution >= 0.6 is 0 Å². The Balaban J connectivity index is -0.0000000720. The molecule has 0 aliphatic carbocycles. The Kier molecular flexibility index (Phi) is 19.1. The molecule has 0 aromatic carbocycles. The van der Waals surface area contributed by atoms with Gasteiger partial charge in [0.2, 0.25) is 0 Å². The number of carbonyl (C=O) groups is 2. The second-order valence-electron chi connectivity index (χ2n) is 0.638. The van der Waals surface area contributed by atoms with Gasteiger partial charge in [0.15, 0.2) is 0 Å². The van der Waals surface area contributed by atoms with Crippen molar-refractivity contribution in [3.05, 3.63) is 0 Å². The van der Waals surface area contributed by atoms with Gasteiger partial charge in [0.1, 0.15) is 0 Å². The summed E-state index contributed by atoms with van der Waals surface area (Å²) in [6, 6.07) is 0. The number of carbonyl (C=O) groups excluding carboxylic acids is 2. The van der Waals surface area contributed by atoms with Crippen LogP contribution in [-0.4, -0.2) is 10.5 Å². The fraction of sp³-hybridized carbons (Fsp3) is 0. The first-order valence-electron chi connectivity index (χ1n) is 1.39. The molecule has 0 unspecified atom stereocenters. The van der Waals surface area contributed by atoms with Gasteiger partial charge in [-0.2, -0.15) is 0 Å². The molecule has 0 radical (unpaired) electrons. The summed E-state index contributed by atoms with van der Waals surface area (Å²) in [5, 5.41) is -1.50. The number of rotatable bonds is 0. The van der Waals surface area contributed by atoms with Gasteiger partial charge in [0.05, 0.1) is 10.5 Å². The van der Waals surface area contributed by atoms with Crippen LogP contribution in [0.1, 0.15) is 0 Å². The third kappa shape index (κ3) is 17000. The zero-order chi connectivity index (χ0) is 7.15. The molecule has 7 heteroatoms. The van der Waals surface area contributed by atoms with E-state index in [4.69, 9.17) is 9.59 Å². The quantitative estimate of drug-likeness (QED) is 0.406. The van der Waals surface area contributed by atoms with Crippen molar-refractivity contribution >= 4 is 35.7 Å². The fourth-order valence-electron chi connectivity index (χ4n) is 0. The minimum absolute atomic E-state index is 0. The van der Waals surface area contributed by atoms with Crippen molar-refractivity contribution in [3.63, 3.8) is 0 Å². The molecule has 0 saturated carbocycles. The van der Waals surface area contributed by atoms with Gasteiger partial charge < -0.3 is 46.3 Å². The molecule has 4 nitrogen and oxygen atoms in total. The van der Waals surface area contributed by atoms with Crippen LogP contribution < -0.4 is 11.5 Å². The molecule has 9 heavy (non-hydrogen) atoms. The van der Waals surface area contributed by atoms with Crippen LogP contribution in [0.15, 0.2) is 0 Å². The maximum absolute atomic E-state index is 9.04. The van der Waals surface area contributed by atoms with Crippen LogP contribution in [0.4, 0.5) is 9.59 Å². The monoisotopic (exact) mass is 210 g/mol. The Morgan fingerprint density at radius 1 is 1.00 bits per heavy atom. The maximum Gasteiger partial charge on any atom is 2.00 e. The van der Waals surface area contributed by atoms with Gasteiger partial charge in [0, 0.05) is 0 Å². The van der Waals surface area contributed by atoms with E-state index >= 15 is 0 Å². The van der Waals surface area contributed by atoms with Crippen LogP contribution in [0.25, 0.3) is 0 Å². The van der Waals surface area contributed by atoms with Crippen LogP contribution in [0.3, 0.4) is 0 Å². The third-order valence-electron chi connectivity index (χ3n) is 0. The molecule has 0 bridgehead atoms. The molecule has 0 heterocycles. The standard InChI is InChI=1S/2CH3NOS.Ni/c2*2-1(3)4;/h2*(H3,2,3,4);/q;;+2/p-2. The maximum atomic E-state index is 9.04. The molecule has 0 aliphatic heterocycles. The third-order valence-corrected chi connectivity index (χ3v) is 0. The predicted octanol–water partition coefficient (Wildman–Crippen LogP) is -0.778. The molecular formula is C2H4N2NiO2S2. The van der Waals surface area contributed by atoms with E-state index in [0.29, 0.717) is 0 Å². The van der Waals surface area contributed by atoms with Gasteiger partial charge in [-0.05, 0) is 0 Å². The van der Waals surface area contributed by atoms with Gasteiger partial charge in [-0.15, -0.1) is 0 Å². The molecule has 0 aromatic rings. The van der Waals surface area contributed by atoms with Gasteiger partial charge in [-0.25, -0.2) is 0 Å². The average molecular weight is 211 g/mol. The van der Waals surface area contributed by atoms with Gasteiger partial charge in [0.25, 0.3) is 0 Å². The smallest absolute Gasteiger partial charge is 0.719 e. The van der Waals surface area contributed by atoms with Crippen LogP contribution in [0, 0.1) is 0 Å². The Labute approximate surface area is 73.5 Å². The summed E-state index contributed by atoms with van der Waals surface area (Å²) in [5.74, 6) is 0. The Hall–Kier alpha value is -0.126. The van der Waals surface area contributed by atoms with E-state index in [-0.39, 0.29) is 16.5 Å². The number of amides is 2. The number of nitrogens with two attached hydrogens (primary N) is 2. The molecule has 2 amide bonds. The van der Waals surface area contributed by atoms with Crippen molar-refractivity contribution < 1.29 is 26.1 Å². The molecule has 4 N–H and O–H groups in total. The first-order chi connectivity index (χ1) is 3.46. The first-order valence-corrected chi connectivity index (χ1v) is 2.21. The van der Waals surface area contributed by atoms with Crippen molar-refractivity contribution in [1.82, 2.24) is 0 Å². The molecule has 0 saturated heterocycles. The average Bonchev–Trinajstić information content (AvgIpc) is 1.25. The minimum Gasteiger partial charge on any atom is -0.719 e. The summed E-state index contributed by atoms with van der Waals surface area (Å²) in [6.07, 6.45) is 0. The Morgan fingerprint density at radius 3 is 1.00 bits per heavy atom. The van der Waals surface area contributed by atoms with E-state index in [1.54, 1.807) is 0 Å². The predicted molar refractivity (Wildman–Crippen MR) is 33.9 cm³/mol. The topological polar surface area (TPSA) is 86.2 Å². The second kappa shape index (κ2) is 10.8. The van der Waals surface area contributed by atoms with Gasteiger partial charge >= 0.3 is 16.5 Å². The summed E-state index contributed by atoms with van der Waals surface area (Å²) < 4.78 is 0. The van der Waals surface area contributed by atoms with E-state index in [9.17, 15) is 0 Å². The molecular weight excluding hydrogens is 207 g/mol. The summed E-state index contributed by atoms with van der Waals surface area (Å²) >= 11 is 7.52. The molecule has 0 atom stereocenters. The van der Waals surface area contributed by atoms with Crippen LogP contribution in [0.5, 0.6) is 0 Å². The summed E-state index contributed by atoms with van der Waals surface area (Å²) in [7, 11) is 0. The van der Waals surface area contributed by atoms with Crippen molar-refractivity contribution in [2.45, 2.75) is 0 Å². The fourth-order valence-corrected chi connectivity index (χ4v) is 0. The van der Waals surface area contributed by atoms with E-state index in [0.717, 1.165) is 0 Å². The van der Waals surface area contributed by atoms with Gasteiger partial charge in [-0.3, -0.25) is 0 Å². The molecule has 0 rings (SSSR count). The van der Waals surface area contributed by atoms with E-state index < -0.39 is 10.5 Å². The number of primary amides is 2. The zero-order valence-corrected chi connectivity index (χ0v) is 6.72. The molecule has 0 aliphatic rings. The Bertz CT molecular complexity index is 78.6. The first kappa shape index (κ1) is 15.9. The summed E-state index contributed by atoms with van der Waals surface area (Å²) in [4.78, 5) is 18.1. The van der Waals surface area contributed by atoms with Crippen LogP contribution in [0.2, 0.25) is 0 Å². The molecule has 0 aromatic heterocycles. The summed E-state index contributed by atoms with van der Waals surface area (Å²) in [6.45, 7) is 0.